The van der Waals surface area contributed by atoms with Gasteiger partial charge in [0.25, 0.3) is 0 Å². The SMILES string of the molecule is CCc1cnc(C(C)NC(=O)C2CCCC2CN)s1. The van der Waals surface area contributed by atoms with Gasteiger partial charge in [-0.25, -0.2) is 4.98 Å². The summed E-state index contributed by atoms with van der Waals surface area (Å²) in [6.07, 6.45) is 6.07. The number of hydrogen-bond donors (Lipinski definition) is 2. The molecule has 1 fully saturated rings. The standard InChI is InChI=1S/C14H23N3OS/c1-3-11-8-16-14(19-11)9(2)17-13(18)12-6-4-5-10(12)7-15/h8-10,12H,3-7,15H2,1-2H3,(H,17,18). The number of aromatic nitrogens is 1. The zero-order chi connectivity index (χ0) is 13.8. The van der Waals surface area contributed by atoms with Gasteiger partial charge >= 0.3 is 0 Å². The van der Waals surface area contributed by atoms with E-state index in [1.807, 2.05) is 13.1 Å². The third-order valence-electron chi connectivity index (χ3n) is 3.95. The zero-order valence-electron chi connectivity index (χ0n) is 11.7. The molecule has 1 aromatic rings. The van der Waals surface area contributed by atoms with Crippen molar-refractivity contribution in [2.75, 3.05) is 6.54 Å². The first-order chi connectivity index (χ1) is 9.15. The van der Waals surface area contributed by atoms with Gasteiger partial charge < -0.3 is 11.1 Å². The molecule has 0 spiro atoms. The third-order valence-corrected chi connectivity index (χ3v) is 5.27. The molecule has 19 heavy (non-hydrogen) atoms. The summed E-state index contributed by atoms with van der Waals surface area (Å²) in [5.74, 6) is 0.599. The second-order valence-electron chi connectivity index (χ2n) is 5.28. The van der Waals surface area contributed by atoms with Gasteiger partial charge in [-0.2, -0.15) is 0 Å². The molecule has 1 saturated carbocycles. The first kappa shape index (κ1) is 14.5. The van der Waals surface area contributed by atoms with Crippen molar-refractivity contribution in [2.45, 2.75) is 45.6 Å². The van der Waals surface area contributed by atoms with E-state index in [0.29, 0.717) is 12.5 Å². The van der Waals surface area contributed by atoms with Crippen LogP contribution in [-0.2, 0) is 11.2 Å². The smallest absolute Gasteiger partial charge is 0.223 e. The molecule has 0 saturated heterocycles. The first-order valence-corrected chi connectivity index (χ1v) is 7.92. The van der Waals surface area contributed by atoms with Crippen LogP contribution in [0.1, 0.15) is 49.0 Å². The van der Waals surface area contributed by atoms with Gasteiger partial charge in [-0.15, -0.1) is 11.3 Å². The van der Waals surface area contributed by atoms with Gasteiger partial charge in [0.2, 0.25) is 5.91 Å². The molecule has 3 unspecified atom stereocenters. The number of nitrogens with two attached hydrogens (primary N) is 1. The van der Waals surface area contributed by atoms with Crippen LogP contribution in [0.2, 0.25) is 0 Å². The van der Waals surface area contributed by atoms with Crippen LogP contribution in [0.5, 0.6) is 0 Å². The topological polar surface area (TPSA) is 68.0 Å². The molecule has 1 aliphatic rings. The van der Waals surface area contributed by atoms with E-state index < -0.39 is 0 Å². The zero-order valence-corrected chi connectivity index (χ0v) is 12.5. The Balaban J connectivity index is 1.94. The quantitative estimate of drug-likeness (QED) is 0.870. The van der Waals surface area contributed by atoms with E-state index in [4.69, 9.17) is 5.73 Å². The van der Waals surface area contributed by atoms with E-state index >= 15 is 0 Å². The Kier molecular flexibility index (Phi) is 4.93. The van der Waals surface area contributed by atoms with Crippen LogP contribution in [0, 0.1) is 11.8 Å². The number of rotatable bonds is 5. The van der Waals surface area contributed by atoms with E-state index in [2.05, 4.69) is 17.2 Å². The lowest BCUT2D eigenvalue weighted by Crippen LogP contribution is -2.36. The number of aryl methyl sites for hydroxylation is 1. The predicted molar refractivity (Wildman–Crippen MR) is 77.9 cm³/mol. The molecule has 2 rings (SSSR count). The summed E-state index contributed by atoms with van der Waals surface area (Å²) in [5, 5.41) is 4.09. The van der Waals surface area contributed by atoms with Crippen LogP contribution >= 0.6 is 11.3 Å². The molecular weight excluding hydrogens is 258 g/mol. The molecule has 1 aromatic heterocycles. The first-order valence-electron chi connectivity index (χ1n) is 7.10. The molecule has 1 heterocycles. The van der Waals surface area contributed by atoms with Gasteiger partial charge in [0, 0.05) is 17.0 Å². The Morgan fingerprint density at radius 1 is 1.63 bits per heavy atom. The lowest BCUT2D eigenvalue weighted by molar-refractivity contribution is -0.126. The largest absolute Gasteiger partial charge is 0.347 e. The van der Waals surface area contributed by atoms with Gasteiger partial charge in [0.05, 0.1) is 6.04 Å². The second-order valence-corrected chi connectivity index (χ2v) is 6.43. The highest BCUT2D eigenvalue weighted by atomic mass is 32.1. The van der Waals surface area contributed by atoms with Gasteiger partial charge in [-0.3, -0.25) is 4.79 Å². The summed E-state index contributed by atoms with van der Waals surface area (Å²) in [6, 6.07) is -0.00294. The molecule has 106 valence electrons. The summed E-state index contributed by atoms with van der Waals surface area (Å²) in [6.45, 7) is 4.73. The normalized spacial score (nSPS) is 24.4. The molecule has 3 N–H and O–H groups in total. The van der Waals surface area contributed by atoms with Crippen molar-refractivity contribution in [2.24, 2.45) is 17.6 Å². The number of amides is 1. The van der Waals surface area contributed by atoms with Gasteiger partial charge in [0.15, 0.2) is 0 Å². The van der Waals surface area contributed by atoms with Crippen molar-refractivity contribution >= 4 is 17.2 Å². The van der Waals surface area contributed by atoms with Crippen molar-refractivity contribution in [1.82, 2.24) is 10.3 Å². The molecule has 5 heteroatoms. The Bertz CT molecular complexity index is 432. The van der Waals surface area contributed by atoms with Crippen molar-refractivity contribution in [1.29, 1.82) is 0 Å². The van der Waals surface area contributed by atoms with Crippen molar-refractivity contribution in [3.05, 3.63) is 16.1 Å². The molecule has 0 aliphatic heterocycles. The minimum atomic E-state index is -0.00294. The van der Waals surface area contributed by atoms with Crippen molar-refractivity contribution in [3.63, 3.8) is 0 Å². The number of thiazole rings is 1. The maximum atomic E-state index is 12.3. The molecule has 3 atom stereocenters. The van der Waals surface area contributed by atoms with E-state index in [9.17, 15) is 4.79 Å². The van der Waals surface area contributed by atoms with Gasteiger partial charge in [-0.1, -0.05) is 13.3 Å². The van der Waals surface area contributed by atoms with E-state index in [0.717, 1.165) is 30.7 Å². The number of hydrogen-bond acceptors (Lipinski definition) is 4. The molecule has 4 nitrogen and oxygen atoms in total. The number of nitrogens with one attached hydrogen (secondary N) is 1. The van der Waals surface area contributed by atoms with Gasteiger partial charge in [0.1, 0.15) is 5.01 Å². The Morgan fingerprint density at radius 3 is 3.05 bits per heavy atom. The molecule has 0 bridgehead atoms. The summed E-state index contributed by atoms with van der Waals surface area (Å²) in [4.78, 5) is 17.9. The average molecular weight is 281 g/mol. The highest BCUT2D eigenvalue weighted by Gasteiger charge is 2.32. The minimum Gasteiger partial charge on any atom is -0.347 e. The number of nitrogens with zero attached hydrogens (tertiary/aromatic N) is 1. The van der Waals surface area contributed by atoms with Crippen LogP contribution in [0.25, 0.3) is 0 Å². The van der Waals surface area contributed by atoms with Crippen LogP contribution in [-0.4, -0.2) is 17.4 Å². The van der Waals surface area contributed by atoms with E-state index in [1.54, 1.807) is 11.3 Å². The van der Waals surface area contributed by atoms with Crippen LogP contribution in [0.4, 0.5) is 0 Å². The van der Waals surface area contributed by atoms with E-state index in [-0.39, 0.29) is 17.9 Å². The Labute approximate surface area is 118 Å². The highest BCUT2D eigenvalue weighted by molar-refractivity contribution is 7.11. The number of carbonyl (C=O) groups excluding carboxylic acids is 1. The molecule has 0 radical (unpaired) electrons. The minimum absolute atomic E-state index is 0.00294. The fourth-order valence-electron chi connectivity index (χ4n) is 2.73. The van der Waals surface area contributed by atoms with Crippen molar-refractivity contribution < 1.29 is 4.79 Å². The molecule has 1 aliphatic carbocycles. The number of carbonyl (C=O) groups is 1. The average Bonchev–Trinajstić information content (AvgIpc) is 3.07. The fourth-order valence-corrected chi connectivity index (χ4v) is 3.59. The summed E-state index contributed by atoms with van der Waals surface area (Å²) >= 11 is 1.68. The van der Waals surface area contributed by atoms with Crippen molar-refractivity contribution in [3.8, 4) is 0 Å². The molecule has 0 aromatic carbocycles. The van der Waals surface area contributed by atoms with Crippen LogP contribution in [0.15, 0.2) is 6.20 Å². The van der Waals surface area contributed by atoms with E-state index in [1.165, 1.54) is 4.88 Å². The van der Waals surface area contributed by atoms with Gasteiger partial charge in [-0.05, 0) is 38.6 Å². The van der Waals surface area contributed by atoms with Crippen LogP contribution in [0.3, 0.4) is 0 Å². The van der Waals surface area contributed by atoms with Crippen LogP contribution < -0.4 is 11.1 Å². The Hall–Kier alpha value is -0.940. The lowest BCUT2D eigenvalue weighted by Gasteiger charge is -2.19. The summed E-state index contributed by atoms with van der Waals surface area (Å²) in [5.41, 5.74) is 5.73. The summed E-state index contributed by atoms with van der Waals surface area (Å²) in [7, 11) is 0. The third kappa shape index (κ3) is 3.34. The monoisotopic (exact) mass is 281 g/mol. The lowest BCUT2D eigenvalue weighted by atomic mass is 9.95. The maximum absolute atomic E-state index is 12.3. The Morgan fingerprint density at radius 2 is 2.42 bits per heavy atom. The summed E-state index contributed by atoms with van der Waals surface area (Å²) < 4.78 is 0. The second kappa shape index (κ2) is 6.48. The maximum Gasteiger partial charge on any atom is 0.223 e. The molecular formula is C14H23N3OS. The predicted octanol–water partition coefficient (Wildman–Crippen LogP) is 2.26. The fraction of sp³-hybridized carbons (Fsp3) is 0.714. The highest BCUT2D eigenvalue weighted by Crippen LogP contribution is 2.31. The molecule has 1 amide bonds.